The van der Waals surface area contributed by atoms with Crippen LogP contribution in [0, 0.1) is 5.92 Å². The summed E-state index contributed by atoms with van der Waals surface area (Å²) in [5.41, 5.74) is 2.06. The number of nitrogens with zero attached hydrogens (tertiary/aromatic N) is 1. The van der Waals surface area contributed by atoms with Crippen molar-refractivity contribution in [3.8, 4) is 0 Å². The van der Waals surface area contributed by atoms with Crippen LogP contribution in [0.3, 0.4) is 0 Å². The summed E-state index contributed by atoms with van der Waals surface area (Å²) < 4.78 is 0. The van der Waals surface area contributed by atoms with Crippen LogP contribution in [-0.2, 0) is 6.54 Å². The van der Waals surface area contributed by atoms with Gasteiger partial charge in [-0.05, 0) is 43.4 Å². The Balaban J connectivity index is 1.95. The molecule has 1 saturated carbocycles. The molecule has 1 amide bonds. The van der Waals surface area contributed by atoms with Crippen LogP contribution in [0.5, 0.6) is 0 Å². The van der Waals surface area contributed by atoms with Crippen LogP contribution in [0.1, 0.15) is 46.0 Å². The highest BCUT2D eigenvalue weighted by molar-refractivity contribution is 6.34. The smallest absolute Gasteiger partial charge is 0.256 e. The van der Waals surface area contributed by atoms with Gasteiger partial charge in [-0.25, -0.2) is 0 Å². The Bertz CT molecular complexity index is 549. The van der Waals surface area contributed by atoms with Gasteiger partial charge < -0.3 is 4.90 Å². The maximum absolute atomic E-state index is 12.2. The summed E-state index contributed by atoms with van der Waals surface area (Å²) in [4.78, 5) is 25.5. The normalized spacial score (nSPS) is 18.1. The Kier molecular flexibility index (Phi) is 2.67. The number of hydrogen-bond donors (Lipinski definition) is 0. The van der Waals surface area contributed by atoms with E-state index in [-0.39, 0.29) is 11.7 Å². The van der Waals surface area contributed by atoms with Crippen molar-refractivity contribution in [2.24, 2.45) is 5.92 Å². The second-order valence-corrected chi connectivity index (χ2v) is 5.58. The molecule has 1 aliphatic carbocycles. The molecule has 0 N–H and O–H groups in total. The van der Waals surface area contributed by atoms with Crippen molar-refractivity contribution in [3.63, 3.8) is 0 Å². The first kappa shape index (κ1) is 11.7. The fraction of sp³-hybridized carbons (Fsp3) is 0.429. The zero-order valence-corrected chi connectivity index (χ0v) is 11.0. The molecule has 3 rings (SSSR count). The fourth-order valence-electron chi connectivity index (χ4n) is 2.43. The Hall–Kier alpha value is -1.35. The van der Waals surface area contributed by atoms with Gasteiger partial charge >= 0.3 is 0 Å². The summed E-state index contributed by atoms with van der Waals surface area (Å²) in [6.07, 6.45) is 2.43. The van der Waals surface area contributed by atoms with Crippen molar-refractivity contribution < 1.29 is 9.59 Å². The Labute approximate surface area is 111 Å². The molecule has 3 nitrogen and oxygen atoms in total. The van der Waals surface area contributed by atoms with Crippen LogP contribution in [0.4, 0.5) is 0 Å². The van der Waals surface area contributed by atoms with E-state index in [9.17, 15) is 9.59 Å². The van der Waals surface area contributed by atoms with Crippen LogP contribution >= 0.6 is 11.6 Å². The van der Waals surface area contributed by atoms with E-state index in [4.69, 9.17) is 11.6 Å². The minimum atomic E-state index is -0.0206. The second kappa shape index (κ2) is 4.09. The van der Waals surface area contributed by atoms with E-state index < -0.39 is 0 Å². The van der Waals surface area contributed by atoms with E-state index in [1.54, 1.807) is 12.1 Å². The molecule has 1 fully saturated rings. The van der Waals surface area contributed by atoms with Gasteiger partial charge in [0.1, 0.15) is 0 Å². The van der Waals surface area contributed by atoms with E-state index in [1.807, 2.05) is 4.90 Å². The summed E-state index contributed by atoms with van der Waals surface area (Å²) >= 11 is 6.13. The lowest BCUT2D eigenvalue weighted by Gasteiger charge is -2.14. The molecule has 4 heteroatoms. The third kappa shape index (κ3) is 1.93. The van der Waals surface area contributed by atoms with Gasteiger partial charge in [0, 0.05) is 18.7 Å². The summed E-state index contributed by atoms with van der Waals surface area (Å²) in [6.45, 7) is 2.92. The van der Waals surface area contributed by atoms with Crippen molar-refractivity contribution in [1.82, 2.24) is 4.90 Å². The fourth-order valence-corrected chi connectivity index (χ4v) is 2.75. The van der Waals surface area contributed by atoms with Crippen molar-refractivity contribution in [2.45, 2.75) is 26.3 Å². The van der Waals surface area contributed by atoms with Crippen LogP contribution < -0.4 is 0 Å². The standard InChI is InChI=1S/C14H14ClNO2/c1-8(17)10-4-11-7-16(6-9-2-3-9)14(18)13(11)12(15)5-10/h4-5,9H,2-3,6-7H2,1H3. The maximum atomic E-state index is 12.2. The highest BCUT2D eigenvalue weighted by Crippen LogP contribution is 2.35. The van der Waals surface area contributed by atoms with E-state index in [0.29, 0.717) is 28.6 Å². The van der Waals surface area contributed by atoms with Gasteiger partial charge in [-0.2, -0.15) is 0 Å². The first-order valence-corrected chi connectivity index (χ1v) is 6.56. The zero-order valence-electron chi connectivity index (χ0n) is 10.2. The highest BCUT2D eigenvalue weighted by Gasteiger charge is 2.34. The molecule has 0 atom stereocenters. The van der Waals surface area contributed by atoms with Gasteiger partial charge in [-0.3, -0.25) is 9.59 Å². The third-order valence-electron chi connectivity index (χ3n) is 3.62. The predicted octanol–water partition coefficient (Wildman–Crippen LogP) is 2.91. The SMILES string of the molecule is CC(=O)c1cc(Cl)c2c(c1)CN(CC1CC1)C2=O. The number of rotatable bonds is 3. The van der Waals surface area contributed by atoms with Crippen molar-refractivity contribution in [2.75, 3.05) is 6.54 Å². The first-order valence-electron chi connectivity index (χ1n) is 6.19. The Morgan fingerprint density at radius 1 is 1.44 bits per heavy atom. The number of carbonyl (C=O) groups excluding carboxylic acids is 2. The number of Topliss-reactive ketones (excluding diaryl/α,β-unsaturated/α-hetero) is 1. The lowest BCUT2D eigenvalue weighted by molar-refractivity contribution is 0.0771. The predicted molar refractivity (Wildman–Crippen MR) is 68.9 cm³/mol. The van der Waals surface area contributed by atoms with Crippen LogP contribution in [0.2, 0.25) is 5.02 Å². The van der Waals surface area contributed by atoms with Gasteiger partial charge in [-0.1, -0.05) is 11.6 Å². The molecule has 1 aromatic rings. The molecule has 0 unspecified atom stereocenters. The molecule has 0 spiro atoms. The number of amides is 1. The lowest BCUT2D eigenvalue weighted by Crippen LogP contribution is -2.26. The van der Waals surface area contributed by atoms with E-state index in [2.05, 4.69) is 0 Å². The molecule has 94 valence electrons. The largest absolute Gasteiger partial charge is 0.334 e. The third-order valence-corrected chi connectivity index (χ3v) is 3.91. The highest BCUT2D eigenvalue weighted by atomic mass is 35.5. The quantitative estimate of drug-likeness (QED) is 0.787. The van der Waals surface area contributed by atoms with E-state index in [0.717, 1.165) is 12.1 Å². The number of halogens is 1. The van der Waals surface area contributed by atoms with Gasteiger partial charge in [0.2, 0.25) is 0 Å². The number of ketones is 1. The first-order chi connectivity index (χ1) is 8.56. The molecule has 1 aromatic carbocycles. The van der Waals surface area contributed by atoms with Crippen LogP contribution in [0.15, 0.2) is 12.1 Å². The maximum Gasteiger partial charge on any atom is 0.256 e. The molecule has 1 aliphatic heterocycles. The number of fused-ring (bicyclic) bond motifs is 1. The van der Waals surface area contributed by atoms with E-state index in [1.165, 1.54) is 19.8 Å². The van der Waals surface area contributed by atoms with Gasteiger partial charge in [-0.15, -0.1) is 0 Å². The van der Waals surface area contributed by atoms with Gasteiger partial charge in [0.25, 0.3) is 5.91 Å². The molecule has 0 aromatic heterocycles. The summed E-state index contributed by atoms with van der Waals surface area (Å²) in [6, 6.07) is 3.40. The minimum absolute atomic E-state index is 0.0111. The Morgan fingerprint density at radius 3 is 2.78 bits per heavy atom. The number of hydrogen-bond acceptors (Lipinski definition) is 2. The average Bonchev–Trinajstić information content (AvgIpc) is 3.05. The zero-order chi connectivity index (χ0) is 12.9. The van der Waals surface area contributed by atoms with Crippen molar-refractivity contribution in [3.05, 3.63) is 33.8 Å². The van der Waals surface area contributed by atoms with Crippen LogP contribution in [0.25, 0.3) is 0 Å². The van der Waals surface area contributed by atoms with E-state index >= 15 is 0 Å². The molecular formula is C14H14ClNO2. The second-order valence-electron chi connectivity index (χ2n) is 5.18. The molecule has 1 heterocycles. The minimum Gasteiger partial charge on any atom is -0.334 e. The molecule has 18 heavy (non-hydrogen) atoms. The molecule has 0 radical (unpaired) electrons. The van der Waals surface area contributed by atoms with Crippen molar-refractivity contribution in [1.29, 1.82) is 0 Å². The topological polar surface area (TPSA) is 37.4 Å². The number of benzene rings is 1. The Morgan fingerprint density at radius 2 is 2.17 bits per heavy atom. The van der Waals surface area contributed by atoms with Gasteiger partial charge in [0.05, 0.1) is 10.6 Å². The summed E-state index contributed by atoms with van der Waals surface area (Å²) in [5, 5.41) is 0.404. The van der Waals surface area contributed by atoms with Crippen LogP contribution in [-0.4, -0.2) is 23.1 Å². The van der Waals surface area contributed by atoms with Crippen molar-refractivity contribution >= 4 is 23.3 Å². The number of carbonyl (C=O) groups is 2. The van der Waals surface area contributed by atoms with Gasteiger partial charge in [0.15, 0.2) is 5.78 Å². The summed E-state index contributed by atoms with van der Waals surface area (Å²) in [7, 11) is 0. The summed E-state index contributed by atoms with van der Waals surface area (Å²) in [5.74, 6) is 0.652. The monoisotopic (exact) mass is 263 g/mol. The molecule has 0 saturated heterocycles. The molecular weight excluding hydrogens is 250 g/mol. The molecule has 2 aliphatic rings. The lowest BCUT2D eigenvalue weighted by atomic mass is 10.0. The average molecular weight is 264 g/mol. The molecule has 0 bridgehead atoms.